The van der Waals surface area contributed by atoms with Gasteiger partial charge in [0.05, 0.1) is 0 Å². The highest BCUT2D eigenvalue weighted by Crippen LogP contribution is 2.26. The van der Waals surface area contributed by atoms with Crippen molar-refractivity contribution in [3.63, 3.8) is 0 Å². The van der Waals surface area contributed by atoms with Crippen LogP contribution in [0.15, 0.2) is 69.8 Å². The van der Waals surface area contributed by atoms with Crippen molar-refractivity contribution in [3.05, 3.63) is 60.7 Å². The van der Waals surface area contributed by atoms with Crippen LogP contribution >= 0.6 is 23.5 Å². The molecule has 0 atom stereocenters. The van der Waals surface area contributed by atoms with Gasteiger partial charge < -0.3 is 9.88 Å². The molecular weight excluding hydrogens is 371 g/mol. The highest BCUT2D eigenvalue weighted by atomic mass is 32.2. The largest absolute Gasteiger partial charge is 0.326 e. The van der Waals surface area contributed by atoms with Gasteiger partial charge in [-0.2, -0.15) is 0 Å². The van der Waals surface area contributed by atoms with E-state index in [9.17, 15) is 9.18 Å². The number of rotatable bonds is 7. The molecule has 1 aromatic heterocycles. The molecule has 3 aromatic rings. The molecule has 0 saturated heterocycles. The molecule has 0 fully saturated rings. The molecule has 134 valence electrons. The molecular formula is C18H17FN4OS2. The lowest BCUT2D eigenvalue weighted by molar-refractivity contribution is -0.115. The summed E-state index contributed by atoms with van der Waals surface area (Å²) in [4.78, 5) is 13.6. The number of thioether (sulfide) groups is 1. The van der Waals surface area contributed by atoms with E-state index in [4.69, 9.17) is 0 Å². The van der Waals surface area contributed by atoms with E-state index in [1.54, 1.807) is 24.5 Å². The normalized spacial score (nSPS) is 10.7. The third-order valence-corrected chi connectivity index (χ3v) is 5.55. The Bertz CT molecular complexity index is 883. The van der Waals surface area contributed by atoms with Gasteiger partial charge in [-0.25, -0.2) is 4.39 Å². The molecule has 0 aliphatic heterocycles. The summed E-state index contributed by atoms with van der Waals surface area (Å²) < 4.78 is 15.4. The van der Waals surface area contributed by atoms with Crippen LogP contribution < -0.4 is 5.32 Å². The zero-order chi connectivity index (χ0) is 18.4. The Labute approximate surface area is 159 Å². The molecule has 0 saturated carbocycles. The summed E-state index contributed by atoms with van der Waals surface area (Å²) in [6.45, 7) is 0. The topological polar surface area (TPSA) is 59.8 Å². The van der Waals surface area contributed by atoms with Gasteiger partial charge in [0.1, 0.15) is 12.1 Å². The van der Waals surface area contributed by atoms with Gasteiger partial charge in [0.2, 0.25) is 5.91 Å². The van der Waals surface area contributed by atoms with Gasteiger partial charge in [0.15, 0.2) is 5.16 Å². The maximum Gasteiger partial charge on any atom is 0.225 e. The molecule has 0 aliphatic rings. The molecule has 1 heterocycles. The SMILES string of the molecule is Cn1cnnc1Sc1ccc(NC(=O)CCSc2ccccc2F)cc1. The van der Waals surface area contributed by atoms with E-state index >= 15 is 0 Å². The van der Waals surface area contributed by atoms with Gasteiger partial charge in [0, 0.05) is 34.7 Å². The number of halogens is 1. The minimum atomic E-state index is -0.256. The van der Waals surface area contributed by atoms with Crippen LogP contribution in [0.1, 0.15) is 6.42 Å². The predicted molar refractivity (Wildman–Crippen MR) is 102 cm³/mol. The standard InChI is InChI=1S/C18H17FN4OS2/c1-23-12-20-22-18(23)26-14-8-6-13(7-9-14)21-17(24)10-11-25-16-5-3-2-4-15(16)19/h2-9,12H,10-11H2,1H3,(H,21,24). The maximum atomic E-state index is 13.5. The van der Waals surface area contributed by atoms with Crippen molar-refractivity contribution in [2.24, 2.45) is 7.05 Å². The van der Waals surface area contributed by atoms with Crippen LogP contribution in [-0.2, 0) is 11.8 Å². The number of anilines is 1. The van der Waals surface area contributed by atoms with E-state index < -0.39 is 0 Å². The third kappa shape index (κ3) is 5.09. The molecule has 0 radical (unpaired) electrons. The quantitative estimate of drug-likeness (QED) is 0.614. The zero-order valence-corrected chi connectivity index (χ0v) is 15.7. The number of hydrogen-bond acceptors (Lipinski definition) is 5. The summed E-state index contributed by atoms with van der Waals surface area (Å²) in [7, 11) is 1.89. The van der Waals surface area contributed by atoms with Crippen LogP contribution in [0, 0.1) is 5.82 Å². The Morgan fingerprint density at radius 1 is 1.19 bits per heavy atom. The zero-order valence-electron chi connectivity index (χ0n) is 14.1. The monoisotopic (exact) mass is 388 g/mol. The summed E-state index contributed by atoms with van der Waals surface area (Å²) in [5, 5.41) is 11.5. The Hall–Kier alpha value is -2.32. The minimum Gasteiger partial charge on any atom is -0.326 e. The number of carbonyl (C=O) groups is 1. The summed E-state index contributed by atoms with van der Waals surface area (Å²) >= 11 is 2.84. The molecule has 2 aromatic carbocycles. The molecule has 0 aliphatic carbocycles. The Morgan fingerprint density at radius 3 is 2.65 bits per heavy atom. The summed E-state index contributed by atoms with van der Waals surface area (Å²) in [5.41, 5.74) is 0.730. The van der Waals surface area contributed by atoms with E-state index in [-0.39, 0.29) is 11.7 Å². The lowest BCUT2D eigenvalue weighted by Gasteiger charge is -2.07. The third-order valence-electron chi connectivity index (χ3n) is 3.44. The smallest absolute Gasteiger partial charge is 0.225 e. The summed E-state index contributed by atoms with van der Waals surface area (Å²) in [6, 6.07) is 14.1. The van der Waals surface area contributed by atoms with Crippen molar-refractivity contribution in [1.82, 2.24) is 14.8 Å². The maximum absolute atomic E-state index is 13.5. The minimum absolute atomic E-state index is 0.0949. The van der Waals surface area contributed by atoms with Crippen molar-refractivity contribution in [3.8, 4) is 0 Å². The number of nitrogens with zero attached hydrogens (tertiary/aromatic N) is 3. The van der Waals surface area contributed by atoms with Gasteiger partial charge in [-0.3, -0.25) is 4.79 Å². The van der Waals surface area contributed by atoms with Crippen molar-refractivity contribution >= 4 is 35.1 Å². The van der Waals surface area contributed by atoms with E-state index in [1.807, 2.05) is 35.9 Å². The highest BCUT2D eigenvalue weighted by Gasteiger charge is 2.07. The van der Waals surface area contributed by atoms with Crippen LogP contribution in [0.2, 0.25) is 0 Å². The van der Waals surface area contributed by atoms with E-state index in [2.05, 4.69) is 15.5 Å². The number of hydrogen-bond donors (Lipinski definition) is 1. The van der Waals surface area contributed by atoms with Gasteiger partial charge in [0.25, 0.3) is 0 Å². The van der Waals surface area contributed by atoms with Gasteiger partial charge in [-0.1, -0.05) is 12.1 Å². The number of aryl methyl sites for hydroxylation is 1. The fourth-order valence-corrected chi connectivity index (χ4v) is 3.77. The Balaban J connectivity index is 1.47. The first-order chi connectivity index (χ1) is 12.6. The van der Waals surface area contributed by atoms with Crippen molar-refractivity contribution < 1.29 is 9.18 Å². The fourth-order valence-electron chi connectivity index (χ4n) is 2.12. The highest BCUT2D eigenvalue weighted by molar-refractivity contribution is 7.99. The number of benzene rings is 2. The van der Waals surface area contributed by atoms with Gasteiger partial charge >= 0.3 is 0 Å². The average molecular weight is 388 g/mol. The van der Waals surface area contributed by atoms with Crippen LogP contribution in [-0.4, -0.2) is 26.4 Å². The molecule has 0 spiro atoms. The first-order valence-electron chi connectivity index (χ1n) is 7.91. The molecule has 8 heteroatoms. The lowest BCUT2D eigenvalue weighted by atomic mass is 10.3. The van der Waals surface area contributed by atoms with Crippen LogP contribution in [0.3, 0.4) is 0 Å². The molecule has 3 rings (SSSR count). The van der Waals surface area contributed by atoms with Crippen LogP contribution in [0.4, 0.5) is 10.1 Å². The second-order valence-corrected chi connectivity index (χ2v) is 7.61. The molecule has 1 amide bonds. The number of nitrogens with one attached hydrogen (secondary N) is 1. The van der Waals surface area contributed by atoms with E-state index in [1.165, 1.54) is 29.6 Å². The molecule has 0 unspecified atom stereocenters. The van der Waals surface area contributed by atoms with Crippen molar-refractivity contribution in [2.75, 3.05) is 11.1 Å². The number of amides is 1. The van der Waals surface area contributed by atoms with Crippen molar-refractivity contribution in [1.29, 1.82) is 0 Å². The van der Waals surface area contributed by atoms with Crippen LogP contribution in [0.25, 0.3) is 0 Å². The lowest BCUT2D eigenvalue weighted by Crippen LogP contribution is -2.12. The summed E-state index contributed by atoms with van der Waals surface area (Å²) in [5.74, 6) is 0.170. The fraction of sp³-hybridized carbons (Fsp3) is 0.167. The molecule has 1 N–H and O–H groups in total. The summed E-state index contributed by atoms with van der Waals surface area (Å²) in [6.07, 6.45) is 1.96. The first-order valence-corrected chi connectivity index (χ1v) is 9.71. The van der Waals surface area contributed by atoms with E-state index in [0.29, 0.717) is 17.1 Å². The van der Waals surface area contributed by atoms with Crippen molar-refractivity contribution in [2.45, 2.75) is 21.4 Å². The molecule has 26 heavy (non-hydrogen) atoms. The van der Waals surface area contributed by atoms with Gasteiger partial charge in [-0.05, 0) is 48.2 Å². The molecule has 5 nitrogen and oxygen atoms in total. The Kier molecular flexibility index (Phi) is 6.30. The number of carbonyl (C=O) groups excluding carboxylic acids is 1. The van der Waals surface area contributed by atoms with Crippen LogP contribution in [0.5, 0.6) is 0 Å². The predicted octanol–water partition coefficient (Wildman–Crippen LogP) is 4.23. The second-order valence-electron chi connectivity index (χ2n) is 5.43. The molecule has 0 bridgehead atoms. The van der Waals surface area contributed by atoms with Gasteiger partial charge in [-0.15, -0.1) is 22.0 Å². The first kappa shape index (κ1) is 18.5. The second kappa shape index (κ2) is 8.86. The Morgan fingerprint density at radius 2 is 1.96 bits per heavy atom. The number of aromatic nitrogens is 3. The van der Waals surface area contributed by atoms with E-state index in [0.717, 1.165) is 15.7 Å². The average Bonchev–Trinajstić information content (AvgIpc) is 3.03.